The molecule has 1 atom stereocenters. The van der Waals surface area contributed by atoms with Gasteiger partial charge in [0.25, 0.3) is 0 Å². The molecule has 1 N–H and O–H groups in total. The van der Waals surface area contributed by atoms with E-state index in [-0.39, 0.29) is 46.6 Å². The van der Waals surface area contributed by atoms with Crippen LogP contribution in [0.1, 0.15) is 48.5 Å². The third kappa shape index (κ3) is 20.8. The van der Waals surface area contributed by atoms with E-state index in [4.69, 9.17) is 5.73 Å². The molecule has 1 radical (unpaired) electrons. The van der Waals surface area contributed by atoms with Gasteiger partial charge in [0.05, 0.1) is 0 Å². The molecule has 0 saturated carbocycles. The minimum Gasteiger partial charge on any atom is -0.673 e. The summed E-state index contributed by atoms with van der Waals surface area (Å²) in [5.41, 5.74) is 10.9. The molecule has 3 heteroatoms. The normalized spacial score (nSPS) is 16.1. The topological polar surface area (TPSA) is 23.8 Å². The zero-order chi connectivity index (χ0) is 14.2. The van der Waals surface area contributed by atoms with Crippen LogP contribution in [0.3, 0.4) is 0 Å². The fourth-order valence-corrected chi connectivity index (χ4v) is 1.16. The zero-order valence-electron chi connectivity index (χ0n) is 15.7. The van der Waals surface area contributed by atoms with Crippen molar-refractivity contribution < 1.29 is 26.2 Å². The van der Waals surface area contributed by atoms with Crippen LogP contribution in [0.5, 0.6) is 0 Å². The summed E-state index contributed by atoms with van der Waals surface area (Å²) in [6.07, 6.45) is 3.36. The van der Waals surface area contributed by atoms with E-state index in [0.29, 0.717) is 5.92 Å². The van der Waals surface area contributed by atoms with Gasteiger partial charge in [0.2, 0.25) is 0 Å². The van der Waals surface area contributed by atoms with Gasteiger partial charge in [-0.25, -0.2) is 5.57 Å². The summed E-state index contributed by atoms with van der Waals surface area (Å²) >= 11 is 0. The molecule has 0 saturated heterocycles. The Morgan fingerprint density at radius 1 is 1.05 bits per heavy atom. The number of allylic oxidation sites excluding steroid dienone is 4. The van der Waals surface area contributed by atoms with Crippen molar-refractivity contribution in [3.63, 3.8) is 0 Å². The van der Waals surface area contributed by atoms with Gasteiger partial charge in [0, 0.05) is 9.52 Å². The Hall–Kier alpha value is 0.540. The quantitative estimate of drug-likeness (QED) is 0.368. The molecule has 0 amide bonds. The van der Waals surface area contributed by atoms with Crippen LogP contribution < -0.4 is 0 Å². The average Bonchev–Trinajstić information content (AvgIpc) is 2.32. The van der Waals surface area contributed by atoms with Crippen LogP contribution in [0, 0.1) is 26.8 Å². The van der Waals surface area contributed by atoms with Gasteiger partial charge in [-0.2, -0.15) is 11.1 Å². The van der Waals surface area contributed by atoms with E-state index in [0.717, 1.165) is 9.52 Å². The van der Waals surface area contributed by atoms with Gasteiger partial charge in [0.15, 0.2) is 0 Å². The van der Waals surface area contributed by atoms with Crippen LogP contribution in [0.15, 0.2) is 16.7 Å². The van der Waals surface area contributed by atoms with Crippen molar-refractivity contribution in [3.8, 4) is 0 Å². The Kier molecular flexibility index (Phi) is 25.9. The minimum atomic E-state index is -0.250. The van der Waals surface area contributed by atoms with E-state index >= 15 is 0 Å². The van der Waals surface area contributed by atoms with Gasteiger partial charge < -0.3 is 20.6 Å². The molecule has 1 aliphatic carbocycles. The van der Waals surface area contributed by atoms with Crippen molar-refractivity contribution in [1.82, 2.24) is 0 Å². The van der Waals surface area contributed by atoms with Gasteiger partial charge in [-0.15, -0.1) is 12.5 Å². The second kappa shape index (κ2) is 15.9. The number of nitrogens with one attached hydrogen (secondary N) is 1. The average molecular weight is 374 g/mol. The molecule has 0 aromatic carbocycles. The van der Waals surface area contributed by atoms with Gasteiger partial charge in [-0.1, -0.05) is 60.6 Å². The summed E-state index contributed by atoms with van der Waals surface area (Å²) in [7, 11) is 0.750. The summed E-state index contributed by atoms with van der Waals surface area (Å²) in [4.78, 5) is 0. The van der Waals surface area contributed by atoms with E-state index in [2.05, 4.69) is 46.9 Å². The molecular formula is C17H36NSiZr. The fraction of sp³-hybridized carbons (Fsp3) is 0.647. The Morgan fingerprint density at radius 2 is 1.30 bits per heavy atom. The summed E-state index contributed by atoms with van der Waals surface area (Å²) in [5.74, 6) is 0.560. The number of hydrogen-bond donors (Lipinski definition) is 0. The minimum absolute atomic E-state index is 0. The van der Waals surface area contributed by atoms with Crippen LogP contribution in [0.2, 0.25) is 13.1 Å². The largest absolute Gasteiger partial charge is 4.00 e. The Balaban J connectivity index is -0.0000000601. The first-order valence-corrected chi connectivity index (χ1v) is 8.62. The van der Waals surface area contributed by atoms with Crippen molar-refractivity contribution in [2.75, 3.05) is 0 Å². The van der Waals surface area contributed by atoms with Crippen molar-refractivity contribution in [1.29, 1.82) is 0 Å². The summed E-state index contributed by atoms with van der Waals surface area (Å²) in [6, 6.07) is 0. The molecule has 0 fully saturated rings. The molecule has 1 unspecified atom stereocenters. The van der Waals surface area contributed by atoms with Crippen LogP contribution in [0.4, 0.5) is 0 Å². The van der Waals surface area contributed by atoms with Gasteiger partial charge in [0.1, 0.15) is 0 Å². The summed E-state index contributed by atoms with van der Waals surface area (Å²) in [5, 5.41) is 0. The SMILES string of the molecule is CC(C)(C)[NH-].CC1=[C-]C(C)C(C)=C1C.C[SiH]C.[CH3-].[CH3-].[Zr+4]. The van der Waals surface area contributed by atoms with Crippen molar-refractivity contribution in [2.45, 2.75) is 67.1 Å². The van der Waals surface area contributed by atoms with Crippen molar-refractivity contribution in [2.24, 2.45) is 5.92 Å². The monoisotopic (exact) mass is 372 g/mol. The van der Waals surface area contributed by atoms with Crippen LogP contribution in [-0.2, 0) is 26.2 Å². The molecule has 0 aliphatic heterocycles. The maximum absolute atomic E-state index is 6.94. The van der Waals surface area contributed by atoms with Gasteiger partial charge in [-0.3, -0.25) is 6.08 Å². The fourth-order valence-electron chi connectivity index (χ4n) is 1.16. The first-order chi connectivity index (χ1) is 7.54. The first-order valence-electron chi connectivity index (χ1n) is 6.31. The van der Waals surface area contributed by atoms with E-state index in [1.54, 1.807) is 0 Å². The second-order valence-electron chi connectivity index (χ2n) is 5.63. The van der Waals surface area contributed by atoms with E-state index in [9.17, 15) is 0 Å². The van der Waals surface area contributed by atoms with Crippen LogP contribution in [0.25, 0.3) is 5.73 Å². The van der Waals surface area contributed by atoms with Gasteiger partial charge in [-0.05, 0) is 0 Å². The standard InChI is InChI=1S/C9H13.C4H10N.C2H7Si.2CH3.Zr/c1-6-5-7(2)9(4)8(6)3;1-4(2,3)5;1-3-2;;;/h6H,1-4H3;5H,1-3H3;3H,1-2H3;2*1H3;/q2*-1;;2*-1;+4. The van der Waals surface area contributed by atoms with E-state index in [1.807, 2.05) is 20.8 Å². The third-order valence-corrected chi connectivity index (χ3v) is 2.24. The third-order valence-electron chi connectivity index (χ3n) is 2.24. The van der Waals surface area contributed by atoms with Crippen LogP contribution >= 0.6 is 0 Å². The Labute approximate surface area is 151 Å². The molecule has 0 heterocycles. The van der Waals surface area contributed by atoms with E-state index in [1.165, 1.54) is 16.7 Å². The molecule has 0 aromatic heterocycles. The van der Waals surface area contributed by atoms with Crippen LogP contribution in [-0.4, -0.2) is 15.1 Å². The number of rotatable bonds is 0. The molecule has 117 valence electrons. The molecule has 1 aliphatic rings. The summed E-state index contributed by atoms with van der Waals surface area (Å²) in [6.45, 7) is 18.6. The predicted octanol–water partition coefficient (Wildman–Crippen LogP) is 5.98. The van der Waals surface area contributed by atoms with Crippen molar-refractivity contribution >= 4 is 9.52 Å². The van der Waals surface area contributed by atoms with E-state index < -0.39 is 0 Å². The molecule has 0 bridgehead atoms. The molecular weight excluding hydrogens is 338 g/mol. The van der Waals surface area contributed by atoms with Gasteiger partial charge >= 0.3 is 26.2 Å². The maximum atomic E-state index is 6.94. The summed E-state index contributed by atoms with van der Waals surface area (Å²) < 4.78 is 0. The molecule has 1 rings (SSSR count). The number of hydrogen-bond acceptors (Lipinski definition) is 0. The zero-order valence-corrected chi connectivity index (χ0v) is 19.3. The molecule has 1 nitrogen and oxygen atoms in total. The smallest absolute Gasteiger partial charge is 0.673 e. The molecule has 20 heavy (non-hydrogen) atoms. The predicted molar refractivity (Wildman–Crippen MR) is 95.7 cm³/mol. The Bertz CT molecular complexity index is 269. The maximum Gasteiger partial charge on any atom is 4.00 e. The molecule has 0 aromatic rings. The molecule has 0 spiro atoms. The Morgan fingerprint density at radius 3 is 1.35 bits per heavy atom. The first kappa shape index (κ1) is 32.5. The van der Waals surface area contributed by atoms with Crippen molar-refractivity contribution in [3.05, 3.63) is 43.4 Å². The second-order valence-corrected chi connectivity index (χ2v) is 6.78.